The molecule has 1 heterocycles. The first-order valence-electron chi connectivity index (χ1n) is 5.64. The topological polar surface area (TPSA) is 50.2 Å². The molecular weight excluding hydrogens is 253 g/mol. The van der Waals surface area contributed by atoms with E-state index in [1.165, 1.54) is 11.4 Å². The minimum atomic E-state index is -1.09. The van der Waals surface area contributed by atoms with Crippen LogP contribution in [-0.4, -0.2) is 16.1 Å². The maximum Gasteiger partial charge on any atom is 0.355 e. The number of aromatic nitrogens is 1. The lowest BCUT2D eigenvalue weighted by Crippen LogP contribution is -1.96. The van der Waals surface area contributed by atoms with Crippen LogP contribution in [-0.2, 0) is 0 Å². The summed E-state index contributed by atoms with van der Waals surface area (Å²) in [7, 11) is 0. The Balaban J connectivity index is 2.03. The SMILES string of the molecule is O=C(O)c1csc(-c2cc(C3CC3)ccc2F)n1. The van der Waals surface area contributed by atoms with E-state index in [1.54, 1.807) is 12.1 Å². The van der Waals surface area contributed by atoms with E-state index in [2.05, 4.69) is 4.98 Å². The monoisotopic (exact) mass is 263 g/mol. The van der Waals surface area contributed by atoms with Crippen LogP contribution in [0, 0.1) is 5.82 Å². The summed E-state index contributed by atoms with van der Waals surface area (Å²) in [4.78, 5) is 14.7. The van der Waals surface area contributed by atoms with Gasteiger partial charge in [0.15, 0.2) is 5.69 Å². The fourth-order valence-electron chi connectivity index (χ4n) is 1.87. The lowest BCUT2D eigenvalue weighted by Gasteiger charge is -2.03. The number of hydrogen-bond acceptors (Lipinski definition) is 3. The fourth-order valence-corrected chi connectivity index (χ4v) is 2.68. The third-order valence-corrected chi connectivity index (χ3v) is 3.87. The predicted octanol–water partition coefficient (Wildman–Crippen LogP) is 3.52. The van der Waals surface area contributed by atoms with Crippen molar-refractivity contribution in [2.75, 3.05) is 0 Å². The third kappa shape index (κ3) is 2.01. The number of aromatic carboxylic acids is 1. The summed E-state index contributed by atoms with van der Waals surface area (Å²) in [6.07, 6.45) is 2.28. The third-order valence-electron chi connectivity index (χ3n) is 2.99. The molecule has 3 nitrogen and oxygen atoms in total. The zero-order valence-corrected chi connectivity index (χ0v) is 10.2. The van der Waals surface area contributed by atoms with Crippen molar-refractivity contribution in [3.05, 3.63) is 40.7 Å². The van der Waals surface area contributed by atoms with Crippen LogP contribution in [0.5, 0.6) is 0 Å². The highest BCUT2D eigenvalue weighted by Gasteiger charge is 2.25. The molecule has 1 saturated carbocycles. The molecule has 1 fully saturated rings. The number of carbonyl (C=O) groups is 1. The Morgan fingerprint density at radius 3 is 2.83 bits per heavy atom. The molecule has 1 aromatic heterocycles. The molecule has 1 aliphatic rings. The van der Waals surface area contributed by atoms with E-state index >= 15 is 0 Å². The molecule has 1 aliphatic carbocycles. The molecule has 0 spiro atoms. The number of nitrogens with zero attached hydrogens (tertiary/aromatic N) is 1. The molecular formula is C13H10FNO2S. The van der Waals surface area contributed by atoms with Crippen molar-refractivity contribution in [1.29, 1.82) is 0 Å². The van der Waals surface area contributed by atoms with Crippen molar-refractivity contribution >= 4 is 17.3 Å². The molecule has 0 unspecified atom stereocenters. The fraction of sp³-hybridized carbons (Fsp3) is 0.231. The number of carboxylic acids is 1. The van der Waals surface area contributed by atoms with Gasteiger partial charge in [0, 0.05) is 10.9 Å². The first kappa shape index (κ1) is 11.3. The van der Waals surface area contributed by atoms with Gasteiger partial charge < -0.3 is 5.11 Å². The highest BCUT2D eigenvalue weighted by molar-refractivity contribution is 7.13. The molecule has 0 amide bonds. The van der Waals surface area contributed by atoms with Gasteiger partial charge in [0.2, 0.25) is 0 Å². The smallest absolute Gasteiger partial charge is 0.355 e. The van der Waals surface area contributed by atoms with Gasteiger partial charge in [-0.3, -0.25) is 0 Å². The summed E-state index contributed by atoms with van der Waals surface area (Å²) < 4.78 is 13.8. The molecule has 0 aliphatic heterocycles. The van der Waals surface area contributed by atoms with E-state index in [1.807, 2.05) is 0 Å². The molecule has 5 heteroatoms. The van der Waals surface area contributed by atoms with E-state index in [9.17, 15) is 9.18 Å². The highest BCUT2D eigenvalue weighted by atomic mass is 32.1. The van der Waals surface area contributed by atoms with E-state index in [0.717, 1.165) is 29.7 Å². The second-order valence-electron chi connectivity index (χ2n) is 4.36. The lowest BCUT2D eigenvalue weighted by molar-refractivity contribution is 0.0691. The van der Waals surface area contributed by atoms with Crippen molar-refractivity contribution < 1.29 is 14.3 Å². The first-order valence-corrected chi connectivity index (χ1v) is 6.52. The Hall–Kier alpha value is -1.75. The largest absolute Gasteiger partial charge is 0.476 e. The summed E-state index contributed by atoms with van der Waals surface area (Å²) in [6, 6.07) is 5.02. The van der Waals surface area contributed by atoms with Crippen LogP contribution in [0.2, 0.25) is 0 Å². The van der Waals surface area contributed by atoms with Crippen LogP contribution in [0.25, 0.3) is 10.6 Å². The van der Waals surface area contributed by atoms with Gasteiger partial charge >= 0.3 is 5.97 Å². The second kappa shape index (κ2) is 4.17. The van der Waals surface area contributed by atoms with E-state index < -0.39 is 5.97 Å². The van der Waals surface area contributed by atoms with Crippen LogP contribution in [0.1, 0.15) is 34.8 Å². The lowest BCUT2D eigenvalue weighted by atomic mass is 10.1. The van der Waals surface area contributed by atoms with Gasteiger partial charge in [-0.25, -0.2) is 14.2 Å². The van der Waals surface area contributed by atoms with Crippen molar-refractivity contribution in [3.63, 3.8) is 0 Å². The van der Waals surface area contributed by atoms with Gasteiger partial charge in [0.25, 0.3) is 0 Å². The molecule has 18 heavy (non-hydrogen) atoms. The molecule has 0 atom stereocenters. The van der Waals surface area contributed by atoms with Crippen molar-refractivity contribution in [1.82, 2.24) is 4.98 Å². The number of carboxylic acid groups (broad SMARTS) is 1. The van der Waals surface area contributed by atoms with Crippen LogP contribution in [0.15, 0.2) is 23.6 Å². The summed E-state index contributed by atoms with van der Waals surface area (Å²) in [5.74, 6) is -0.912. The van der Waals surface area contributed by atoms with Gasteiger partial charge in [-0.15, -0.1) is 11.3 Å². The Labute approximate surface area is 107 Å². The predicted molar refractivity (Wildman–Crippen MR) is 66.4 cm³/mol. The molecule has 0 radical (unpaired) electrons. The minimum absolute atomic E-state index is 0.0359. The van der Waals surface area contributed by atoms with E-state index in [0.29, 0.717) is 16.5 Å². The summed E-state index contributed by atoms with van der Waals surface area (Å²) in [6.45, 7) is 0. The zero-order chi connectivity index (χ0) is 12.7. The summed E-state index contributed by atoms with van der Waals surface area (Å²) in [5, 5.41) is 10.7. The van der Waals surface area contributed by atoms with Gasteiger partial charge in [-0.05, 0) is 36.5 Å². The molecule has 92 valence electrons. The number of thiazole rings is 1. The molecule has 0 saturated heterocycles. The minimum Gasteiger partial charge on any atom is -0.476 e. The Morgan fingerprint density at radius 1 is 1.44 bits per heavy atom. The molecule has 0 bridgehead atoms. The molecule has 1 aromatic carbocycles. The number of halogens is 1. The van der Waals surface area contributed by atoms with Gasteiger partial charge in [0.05, 0.1) is 0 Å². The van der Waals surface area contributed by atoms with Crippen LogP contribution in [0.4, 0.5) is 4.39 Å². The van der Waals surface area contributed by atoms with Crippen molar-refractivity contribution in [2.24, 2.45) is 0 Å². The Morgan fingerprint density at radius 2 is 2.22 bits per heavy atom. The van der Waals surface area contributed by atoms with Crippen LogP contribution >= 0.6 is 11.3 Å². The van der Waals surface area contributed by atoms with Gasteiger partial charge in [0.1, 0.15) is 10.8 Å². The Bertz CT molecular complexity index is 619. The average Bonchev–Trinajstić information content (AvgIpc) is 3.07. The van der Waals surface area contributed by atoms with Crippen LogP contribution in [0.3, 0.4) is 0 Å². The van der Waals surface area contributed by atoms with E-state index in [4.69, 9.17) is 5.11 Å². The van der Waals surface area contributed by atoms with Gasteiger partial charge in [-0.1, -0.05) is 6.07 Å². The number of hydrogen-bond donors (Lipinski definition) is 1. The maximum atomic E-state index is 13.8. The standard InChI is InChI=1S/C13H10FNO2S/c14-10-4-3-8(7-1-2-7)5-9(10)12-15-11(6-18-12)13(16)17/h3-7H,1-2H2,(H,16,17). The summed E-state index contributed by atoms with van der Waals surface area (Å²) in [5.41, 5.74) is 1.47. The highest BCUT2D eigenvalue weighted by Crippen LogP contribution is 2.41. The normalized spacial score (nSPS) is 14.7. The number of benzene rings is 1. The van der Waals surface area contributed by atoms with Gasteiger partial charge in [-0.2, -0.15) is 0 Å². The van der Waals surface area contributed by atoms with Crippen molar-refractivity contribution in [2.45, 2.75) is 18.8 Å². The average molecular weight is 263 g/mol. The second-order valence-corrected chi connectivity index (χ2v) is 5.21. The quantitative estimate of drug-likeness (QED) is 0.921. The molecule has 2 aromatic rings. The summed E-state index contributed by atoms with van der Waals surface area (Å²) >= 11 is 1.15. The molecule has 3 rings (SSSR count). The first-order chi connectivity index (χ1) is 8.65. The number of rotatable bonds is 3. The molecule has 1 N–H and O–H groups in total. The van der Waals surface area contributed by atoms with Crippen molar-refractivity contribution in [3.8, 4) is 10.6 Å². The van der Waals surface area contributed by atoms with Crippen LogP contribution < -0.4 is 0 Å². The maximum absolute atomic E-state index is 13.8. The van der Waals surface area contributed by atoms with E-state index in [-0.39, 0.29) is 11.5 Å². The Kier molecular flexibility index (Phi) is 2.63. The zero-order valence-electron chi connectivity index (χ0n) is 9.39.